The van der Waals surface area contributed by atoms with Gasteiger partial charge in [-0.3, -0.25) is 9.78 Å². The van der Waals surface area contributed by atoms with Crippen LogP contribution in [0.3, 0.4) is 0 Å². The van der Waals surface area contributed by atoms with Gasteiger partial charge in [0, 0.05) is 29.1 Å². The molecule has 2 aromatic rings. The lowest BCUT2D eigenvalue weighted by Crippen LogP contribution is -2.14. The van der Waals surface area contributed by atoms with Crippen LogP contribution < -0.4 is 0 Å². The molecular formula is C16H13NO2. The van der Waals surface area contributed by atoms with Crippen molar-refractivity contribution >= 4 is 11.9 Å². The molecule has 0 radical (unpaired) electrons. The van der Waals surface area contributed by atoms with Crippen LogP contribution in [0.5, 0.6) is 5.75 Å². The molecule has 0 unspecified atom stereocenters. The highest BCUT2D eigenvalue weighted by atomic mass is 16.3. The van der Waals surface area contributed by atoms with Gasteiger partial charge < -0.3 is 5.11 Å². The lowest BCUT2D eigenvalue weighted by molar-refractivity contribution is 0.102. The Balaban J connectivity index is 2.01. The van der Waals surface area contributed by atoms with Gasteiger partial charge in [-0.25, -0.2) is 0 Å². The highest BCUT2D eigenvalue weighted by molar-refractivity contribution is 6.13. The summed E-state index contributed by atoms with van der Waals surface area (Å²) in [7, 11) is 0. The molecule has 0 amide bonds. The smallest absolute Gasteiger partial charge is 0.189 e. The Bertz CT molecular complexity index is 660. The van der Waals surface area contributed by atoms with E-state index < -0.39 is 0 Å². The maximum absolute atomic E-state index is 12.4. The molecule has 0 atom stereocenters. The zero-order valence-corrected chi connectivity index (χ0v) is 10.3. The molecule has 94 valence electrons. The van der Waals surface area contributed by atoms with E-state index in [-0.39, 0.29) is 11.5 Å². The van der Waals surface area contributed by atoms with E-state index in [9.17, 15) is 9.90 Å². The Morgan fingerprint density at radius 1 is 1.16 bits per heavy atom. The number of nitrogens with zero attached hydrogens (tertiary/aromatic N) is 1. The minimum Gasteiger partial charge on any atom is -0.508 e. The molecular weight excluding hydrogens is 238 g/mol. The highest BCUT2D eigenvalue weighted by Gasteiger charge is 2.23. The molecule has 3 nitrogen and oxygen atoms in total. The number of phenolic OH excluding ortho intramolecular Hbond substituents is 1. The molecule has 0 aliphatic heterocycles. The molecule has 3 heteroatoms. The van der Waals surface area contributed by atoms with Gasteiger partial charge in [-0.1, -0.05) is 18.2 Å². The molecule has 1 heterocycles. The lowest BCUT2D eigenvalue weighted by Gasteiger charge is -2.18. The summed E-state index contributed by atoms with van der Waals surface area (Å²) in [6.45, 7) is 0. The van der Waals surface area contributed by atoms with Crippen molar-refractivity contribution in [2.75, 3.05) is 0 Å². The van der Waals surface area contributed by atoms with Gasteiger partial charge in [0.2, 0.25) is 0 Å². The summed E-state index contributed by atoms with van der Waals surface area (Å²) in [5.74, 6) is 0.215. The SMILES string of the molecule is O=C1C(=Cc2cccnc2)CCc2c(O)cccc21. The van der Waals surface area contributed by atoms with Crippen molar-refractivity contribution in [3.63, 3.8) is 0 Å². The number of aromatic nitrogens is 1. The van der Waals surface area contributed by atoms with E-state index in [4.69, 9.17) is 0 Å². The number of benzene rings is 1. The van der Waals surface area contributed by atoms with E-state index in [1.54, 1.807) is 30.6 Å². The maximum Gasteiger partial charge on any atom is 0.189 e. The molecule has 0 bridgehead atoms. The van der Waals surface area contributed by atoms with Crippen LogP contribution in [0.15, 0.2) is 48.3 Å². The molecule has 0 saturated carbocycles. The van der Waals surface area contributed by atoms with Gasteiger partial charge in [-0.15, -0.1) is 0 Å². The van der Waals surface area contributed by atoms with Gasteiger partial charge in [0.15, 0.2) is 5.78 Å². The number of pyridine rings is 1. The summed E-state index contributed by atoms with van der Waals surface area (Å²) in [6, 6.07) is 8.87. The molecule has 3 rings (SSSR count). The normalized spacial score (nSPS) is 16.4. The van der Waals surface area contributed by atoms with E-state index >= 15 is 0 Å². The molecule has 1 aliphatic carbocycles. The van der Waals surface area contributed by atoms with Crippen LogP contribution in [0.1, 0.15) is 27.9 Å². The summed E-state index contributed by atoms with van der Waals surface area (Å²) in [6.07, 6.45) is 6.66. The van der Waals surface area contributed by atoms with Crippen LogP contribution in [0.25, 0.3) is 6.08 Å². The lowest BCUT2D eigenvalue weighted by atomic mass is 9.85. The summed E-state index contributed by atoms with van der Waals surface area (Å²) >= 11 is 0. The number of carbonyl (C=O) groups is 1. The minimum atomic E-state index is 0.000929. The van der Waals surface area contributed by atoms with Gasteiger partial charge in [-0.2, -0.15) is 0 Å². The van der Waals surface area contributed by atoms with Crippen LogP contribution in [0, 0.1) is 0 Å². The fraction of sp³-hybridized carbons (Fsp3) is 0.125. The number of carbonyl (C=O) groups excluding carboxylic acids is 1. The summed E-state index contributed by atoms with van der Waals surface area (Å²) in [5.41, 5.74) is 3.07. The zero-order chi connectivity index (χ0) is 13.2. The first kappa shape index (κ1) is 11.7. The van der Waals surface area contributed by atoms with Crippen LogP contribution >= 0.6 is 0 Å². The van der Waals surface area contributed by atoms with Crippen molar-refractivity contribution in [3.05, 3.63) is 65.0 Å². The Labute approximate surface area is 111 Å². The van der Waals surface area contributed by atoms with Gasteiger partial charge in [0.05, 0.1) is 0 Å². The molecule has 1 aliphatic rings. The van der Waals surface area contributed by atoms with Crippen molar-refractivity contribution in [2.24, 2.45) is 0 Å². The second-order valence-corrected chi connectivity index (χ2v) is 4.59. The average molecular weight is 251 g/mol. The largest absolute Gasteiger partial charge is 0.508 e. The van der Waals surface area contributed by atoms with Gasteiger partial charge in [0.25, 0.3) is 0 Å². The number of ketones is 1. The Kier molecular flexibility index (Phi) is 2.88. The predicted molar refractivity (Wildman–Crippen MR) is 73.0 cm³/mol. The molecule has 1 aromatic carbocycles. The van der Waals surface area contributed by atoms with E-state index in [0.29, 0.717) is 18.4 Å². The van der Waals surface area contributed by atoms with Crippen LogP contribution in [-0.2, 0) is 6.42 Å². The topological polar surface area (TPSA) is 50.2 Å². The second kappa shape index (κ2) is 4.69. The first-order valence-electron chi connectivity index (χ1n) is 6.22. The van der Waals surface area contributed by atoms with E-state index in [0.717, 1.165) is 16.7 Å². The standard InChI is InChI=1S/C16H13NO2/c18-15-5-1-4-14-13(15)7-6-12(16(14)19)9-11-3-2-8-17-10-11/h1-5,8-10,18H,6-7H2. The van der Waals surface area contributed by atoms with Crippen molar-refractivity contribution < 1.29 is 9.90 Å². The number of hydrogen-bond donors (Lipinski definition) is 1. The Morgan fingerprint density at radius 2 is 2.05 bits per heavy atom. The van der Waals surface area contributed by atoms with Gasteiger partial charge in [0.1, 0.15) is 5.75 Å². The minimum absolute atomic E-state index is 0.000929. The average Bonchev–Trinajstić information content (AvgIpc) is 2.44. The highest BCUT2D eigenvalue weighted by Crippen LogP contribution is 2.31. The molecule has 0 fully saturated rings. The molecule has 0 spiro atoms. The van der Waals surface area contributed by atoms with Gasteiger partial charge in [-0.05, 0) is 36.6 Å². The molecule has 1 N–H and O–H groups in total. The summed E-state index contributed by atoms with van der Waals surface area (Å²) in [4.78, 5) is 16.4. The number of allylic oxidation sites excluding steroid dienone is 1. The number of phenols is 1. The number of rotatable bonds is 1. The first-order valence-corrected chi connectivity index (χ1v) is 6.22. The van der Waals surface area contributed by atoms with Crippen molar-refractivity contribution in [1.29, 1.82) is 0 Å². The van der Waals surface area contributed by atoms with Crippen molar-refractivity contribution in [1.82, 2.24) is 4.98 Å². The van der Waals surface area contributed by atoms with Crippen molar-refractivity contribution in [3.8, 4) is 5.75 Å². The fourth-order valence-corrected chi connectivity index (χ4v) is 2.40. The number of hydrogen-bond acceptors (Lipinski definition) is 3. The second-order valence-electron chi connectivity index (χ2n) is 4.59. The maximum atomic E-state index is 12.4. The van der Waals surface area contributed by atoms with Crippen LogP contribution in [0.4, 0.5) is 0 Å². The first-order chi connectivity index (χ1) is 9.25. The molecule has 1 aromatic heterocycles. The summed E-state index contributed by atoms with van der Waals surface area (Å²) in [5, 5.41) is 9.77. The fourth-order valence-electron chi connectivity index (χ4n) is 2.40. The molecule has 19 heavy (non-hydrogen) atoms. The number of aromatic hydroxyl groups is 1. The quantitative estimate of drug-likeness (QED) is 0.793. The third-order valence-corrected chi connectivity index (χ3v) is 3.36. The third kappa shape index (κ3) is 2.15. The zero-order valence-electron chi connectivity index (χ0n) is 10.3. The van der Waals surface area contributed by atoms with E-state index in [1.807, 2.05) is 18.2 Å². The summed E-state index contributed by atoms with van der Waals surface area (Å²) < 4.78 is 0. The Morgan fingerprint density at radius 3 is 2.84 bits per heavy atom. The van der Waals surface area contributed by atoms with Gasteiger partial charge >= 0.3 is 0 Å². The number of Topliss-reactive ketones (excluding diaryl/α,β-unsaturated/α-hetero) is 1. The van der Waals surface area contributed by atoms with E-state index in [1.165, 1.54) is 0 Å². The van der Waals surface area contributed by atoms with Crippen LogP contribution in [0.2, 0.25) is 0 Å². The van der Waals surface area contributed by atoms with Crippen LogP contribution in [-0.4, -0.2) is 15.9 Å². The predicted octanol–water partition coefficient (Wildman–Crippen LogP) is 3.00. The van der Waals surface area contributed by atoms with Crippen molar-refractivity contribution in [2.45, 2.75) is 12.8 Å². The van der Waals surface area contributed by atoms with E-state index in [2.05, 4.69) is 4.98 Å². The third-order valence-electron chi connectivity index (χ3n) is 3.36. The monoisotopic (exact) mass is 251 g/mol. The molecule has 0 saturated heterocycles. The Hall–Kier alpha value is -2.42. The number of fused-ring (bicyclic) bond motifs is 1.